The quantitative estimate of drug-likeness (QED) is 0.567. The predicted octanol–water partition coefficient (Wildman–Crippen LogP) is 2.47. The second-order valence-corrected chi connectivity index (χ2v) is 9.80. The summed E-state index contributed by atoms with van der Waals surface area (Å²) in [6.07, 6.45) is 3.08. The molecule has 4 rings (SSSR count). The molecule has 33 heavy (non-hydrogen) atoms. The Morgan fingerprint density at radius 3 is 2.55 bits per heavy atom. The maximum atomic E-state index is 13.0. The third-order valence-corrected chi connectivity index (χ3v) is 7.24. The van der Waals surface area contributed by atoms with Gasteiger partial charge in [-0.05, 0) is 43.4 Å². The number of hydrogen-bond donors (Lipinski definition) is 1. The van der Waals surface area contributed by atoms with Crippen LogP contribution in [0, 0.1) is 23.2 Å². The summed E-state index contributed by atoms with van der Waals surface area (Å²) in [6, 6.07) is 4.88. The molecule has 1 atom stereocenters. The fourth-order valence-electron chi connectivity index (χ4n) is 4.69. The summed E-state index contributed by atoms with van der Waals surface area (Å²) in [6.45, 7) is 7.80. The molecule has 2 saturated heterocycles. The molecule has 4 amide bonds. The van der Waals surface area contributed by atoms with E-state index in [0.29, 0.717) is 18.5 Å². The molecule has 0 spiro atoms. The molecule has 1 aromatic carbocycles. The van der Waals surface area contributed by atoms with Gasteiger partial charge in [-0.15, -0.1) is 0 Å². The van der Waals surface area contributed by atoms with Crippen molar-refractivity contribution in [1.82, 2.24) is 15.1 Å². The van der Waals surface area contributed by atoms with E-state index < -0.39 is 11.9 Å². The maximum Gasteiger partial charge on any atom is 0.255 e. The van der Waals surface area contributed by atoms with E-state index in [2.05, 4.69) is 17.2 Å². The number of fused-ring (bicyclic) bond motifs is 1. The van der Waals surface area contributed by atoms with Crippen LogP contribution in [0.4, 0.5) is 0 Å². The van der Waals surface area contributed by atoms with Crippen molar-refractivity contribution in [3.05, 3.63) is 34.9 Å². The van der Waals surface area contributed by atoms with Gasteiger partial charge in [-0.2, -0.15) is 0 Å². The molecule has 174 valence electrons. The highest BCUT2D eigenvalue weighted by atomic mass is 16.2. The molecule has 1 unspecified atom stereocenters. The number of carbonyl (C=O) groups is 4. The lowest BCUT2D eigenvalue weighted by atomic mass is 9.87. The van der Waals surface area contributed by atoms with Crippen LogP contribution in [0.2, 0.25) is 0 Å². The summed E-state index contributed by atoms with van der Waals surface area (Å²) in [4.78, 5) is 52.9. The smallest absolute Gasteiger partial charge is 0.255 e. The molecular formula is C26H31N3O4. The van der Waals surface area contributed by atoms with Gasteiger partial charge in [0.15, 0.2) is 0 Å². The first kappa shape index (κ1) is 23.0. The second kappa shape index (κ2) is 9.01. The van der Waals surface area contributed by atoms with Crippen LogP contribution in [0.1, 0.15) is 74.4 Å². The number of piperidine rings is 2. The van der Waals surface area contributed by atoms with Crippen LogP contribution in [0.15, 0.2) is 18.2 Å². The van der Waals surface area contributed by atoms with Gasteiger partial charge in [0, 0.05) is 48.5 Å². The molecule has 2 fully saturated rings. The summed E-state index contributed by atoms with van der Waals surface area (Å²) < 4.78 is 0. The van der Waals surface area contributed by atoms with E-state index in [9.17, 15) is 19.2 Å². The topological polar surface area (TPSA) is 86.8 Å². The van der Waals surface area contributed by atoms with Gasteiger partial charge in [0.25, 0.3) is 5.91 Å². The molecule has 3 aliphatic heterocycles. The highest BCUT2D eigenvalue weighted by molar-refractivity contribution is 6.05. The van der Waals surface area contributed by atoms with Crippen molar-refractivity contribution in [1.29, 1.82) is 0 Å². The number of benzene rings is 1. The molecule has 3 heterocycles. The van der Waals surface area contributed by atoms with E-state index in [0.717, 1.165) is 43.5 Å². The molecule has 1 aromatic rings. The van der Waals surface area contributed by atoms with E-state index in [1.807, 2.05) is 37.8 Å². The van der Waals surface area contributed by atoms with Crippen molar-refractivity contribution in [2.75, 3.05) is 13.1 Å². The fraction of sp³-hybridized carbons (Fsp3) is 0.538. The van der Waals surface area contributed by atoms with Gasteiger partial charge in [0.1, 0.15) is 6.04 Å². The van der Waals surface area contributed by atoms with Crippen molar-refractivity contribution in [2.24, 2.45) is 11.3 Å². The van der Waals surface area contributed by atoms with Crippen molar-refractivity contribution in [3.63, 3.8) is 0 Å². The second-order valence-electron chi connectivity index (χ2n) is 9.80. The van der Waals surface area contributed by atoms with Crippen LogP contribution < -0.4 is 5.32 Å². The van der Waals surface area contributed by atoms with Gasteiger partial charge in [-0.3, -0.25) is 24.5 Å². The number of likely N-dealkylation sites (tertiary alicyclic amines) is 1. The molecule has 0 aliphatic carbocycles. The summed E-state index contributed by atoms with van der Waals surface area (Å²) in [5, 5.41) is 2.33. The summed E-state index contributed by atoms with van der Waals surface area (Å²) in [5.41, 5.74) is 1.90. The van der Waals surface area contributed by atoms with Crippen LogP contribution in [0.5, 0.6) is 0 Å². The predicted molar refractivity (Wildman–Crippen MR) is 123 cm³/mol. The molecule has 7 heteroatoms. The first-order valence-electron chi connectivity index (χ1n) is 11.8. The third-order valence-electron chi connectivity index (χ3n) is 7.24. The lowest BCUT2D eigenvalue weighted by Crippen LogP contribution is -2.52. The number of amides is 4. The number of imide groups is 1. The minimum absolute atomic E-state index is 0.187. The Balaban J connectivity index is 1.44. The highest BCUT2D eigenvalue weighted by Gasteiger charge is 2.39. The Morgan fingerprint density at radius 1 is 1.15 bits per heavy atom. The minimum Gasteiger partial charge on any atom is -0.342 e. The van der Waals surface area contributed by atoms with Gasteiger partial charge in [0.05, 0.1) is 0 Å². The Morgan fingerprint density at radius 2 is 1.88 bits per heavy atom. The zero-order chi connectivity index (χ0) is 23.8. The summed E-state index contributed by atoms with van der Waals surface area (Å²) >= 11 is 0. The van der Waals surface area contributed by atoms with Gasteiger partial charge < -0.3 is 9.80 Å². The van der Waals surface area contributed by atoms with Gasteiger partial charge >= 0.3 is 0 Å². The Bertz CT molecular complexity index is 1060. The van der Waals surface area contributed by atoms with Crippen LogP contribution in [-0.2, 0) is 20.9 Å². The molecule has 0 saturated carbocycles. The van der Waals surface area contributed by atoms with Crippen molar-refractivity contribution >= 4 is 23.6 Å². The Labute approximate surface area is 194 Å². The number of hydrogen-bond acceptors (Lipinski definition) is 4. The van der Waals surface area contributed by atoms with Gasteiger partial charge in [0.2, 0.25) is 17.7 Å². The first-order valence-corrected chi connectivity index (χ1v) is 11.8. The van der Waals surface area contributed by atoms with Gasteiger partial charge in [-0.25, -0.2) is 0 Å². The van der Waals surface area contributed by atoms with E-state index in [-0.39, 0.29) is 35.5 Å². The molecule has 3 aliphatic rings. The monoisotopic (exact) mass is 449 g/mol. The number of nitrogens with one attached hydrogen (secondary N) is 1. The number of carbonyl (C=O) groups excluding carboxylic acids is 4. The largest absolute Gasteiger partial charge is 0.342 e. The van der Waals surface area contributed by atoms with E-state index >= 15 is 0 Å². The number of nitrogens with zero attached hydrogens (tertiary/aromatic N) is 2. The van der Waals surface area contributed by atoms with Crippen LogP contribution >= 0.6 is 0 Å². The number of rotatable bonds is 3. The molecule has 0 aromatic heterocycles. The molecule has 0 radical (unpaired) electrons. The molecule has 0 bridgehead atoms. The Kier molecular flexibility index (Phi) is 6.29. The van der Waals surface area contributed by atoms with E-state index in [1.54, 1.807) is 11.0 Å². The molecule has 7 nitrogen and oxygen atoms in total. The zero-order valence-electron chi connectivity index (χ0n) is 19.6. The average molecular weight is 450 g/mol. The highest BCUT2D eigenvalue weighted by Crippen LogP contribution is 2.30. The van der Waals surface area contributed by atoms with Crippen molar-refractivity contribution < 1.29 is 19.2 Å². The minimum atomic E-state index is -0.627. The zero-order valence-corrected chi connectivity index (χ0v) is 19.6. The lowest BCUT2D eigenvalue weighted by Gasteiger charge is -2.35. The fourth-order valence-corrected chi connectivity index (χ4v) is 4.69. The summed E-state index contributed by atoms with van der Waals surface area (Å²) in [7, 11) is 0. The summed E-state index contributed by atoms with van der Waals surface area (Å²) in [5.74, 6) is 6.17. The van der Waals surface area contributed by atoms with E-state index in [4.69, 9.17) is 0 Å². The van der Waals surface area contributed by atoms with Gasteiger partial charge in [-0.1, -0.05) is 38.7 Å². The Hall–Kier alpha value is -3.14. The lowest BCUT2D eigenvalue weighted by molar-refractivity contribution is -0.141. The first-order chi connectivity index (χ1) is 15.7. The molecule has 1 N–H and O–H groups in total. The van der Waals surface area contributed by atoms with E-state index in [1.165, 1.54) is 0 Å². The SMILES string of the molecule is CCC(C)(C)C(=O)N1CCC(C#Cc2cccc3c2CN(C2CCC(=O)NC2=O)C3=O)CC1. The third kappa shape index (κ3) is 4.52. The van der Waals surface area contributed by atoms with Crippen molar-refractivity contribution in [2.45, 2.75) is 65.5 Å². The van der Waals surface area contributed by atoms with Crippen LogP contribution in [0.3, 0.4) is 0 Å². The maximum absolute atomic E-state index is 13.0. The average Bonchev–Trinajstić information content (AvgIpc) is 3.14. The standard InChI is InChI=1S/C26H31N3O4/c1-4-26(2,3)25(33)28-14-12-17(13-15-28)8-9-18-6-5-7-19-20(18)16-29(24(19)32)21-10-11-22(30)27-23(21)31/h5-7,17,21H,4,10-16H2,1-3H3,(H,27,30,31). The normalized spacial score (nSPS) is 21.4. The van der Waals surface area contributed by atoms with Crippen LogP contribution in [-0.4, -0.2) is 52.6 Å². The van der Waals surface area contributed by atoms with Crippen molar-refractivity contribution in [3.8, 4) is 11.8 Å². The molecular weight excluding hydrogens is 418 g/mol. The van der Waals surface area contributed by atoms with Crippen LogP contribution in [0.25, 0.3) is 0 Å².